The Morgan fingerprint density at radius 3 is 2.03 bits per heavy atom. The largest absolute Gasteiger partial charge is 0.523 e. The second-order valence-electron chi connectivity index (χ2n) is 8.43. The molecule has 3 nitrogen and oxygen atoms in total. The number of benzene rings is 1. The topological polar surface area (TPSA) is 43.4 Å². The molecule has 0 spiro atoms. The second-order valence-corrected chi connectivity index (χ2v) is 10.00. The molecule has 2 aliphatic carbocycles. The average Bonchev–Trinajstić information content (AvgIpc) is 2.71. The van der Waals surface area contributed by atoms with Gasteiger partial charge in [0.1, 0.15) is 18.4 Å². The Balaban J connectivity index is 1.78. The highest BCUT2D eigenvalue weighted by Gasteiger charge is 2.52. The van der Waals surface area contributed by atoms with Gasteiger partial charge < -0.3 is 0 Å². The van der Waals surface area contributed by atoms with Gasteiger partial charge >= 0.3 is 15.6 Å². The summed E-state index contributed by atoms with van der Waals surface area (Å²) in [5.41, 5.74) is -4.48. The van der Waals surface area contributed by atoms with Crippen LogP contribution in [-0.4, -0.2) is 32.4 Å². The minimum absolute atomic E-state index is 0.199. The molecule has 9 heteroatoms. The molecule has 1 fully saturated rings. The molecule has 1 aromatic carbocycles. The van der Waals surface area contributed by atoms with Crippen molar-refractivity contribution in [3.63, 3.8) is 0 Å². The van der Waals surface area contributed by atoms with Crippen LogP contribution in [-0.2, 0) is 14.3 Å². The summed E-state index contributed by atoms with van der Waals surface area (Å²) in [6.07, 6.45) is 2.08. The molecule has 1 aromatic rings. The lowest BCUT2D eigenvalue weighted by atomic mass is 9.76. The van der Waals surface area contributed by atoms with Crippen molar-refractivity contribution in [2.24, 2.45) is 5.92 Å². The Labute approximate surface area is 179 Å². The fourth-order valence-corrected chi connectivity index (χ4v) is 5.32. The normalized spacial score (nSPS) is 32.2. The van der Waals surface area contributed by atoms with Gasteiger partial charge in [-0.15, -0.1) is 0 Å². The first-order chi connectivity index (χ1) is 14.5. The van der Waals surface area contributed by atoms with Crippen molar-refractivity contribution in [1.29, 1.82) is 0 Å². The zero-order valence-electron chi connectivity index (χ0n) is 17.2. The third kappa shape index (κ3) is 5.48. The molecule has 0 bridgehead atoms. The third-order valence-corrected chi connectivity index (χ3v) is 7.39. The predicted octanol–water partition coefficient (Wildman–Crippen LogP) is 6.32. The number of allylic oxidation sites excluding steroid dienone is 1. The SMILES string of the molecule is CCCC1CCC(c2ccc([C@H]3[C@H](OS(=O)(=O)C(F)(F)F)[C@@H](F)C=C[C@H]3F)cc2)CC1. The molecular formula is C22H27F5O3S. The Hall–Kier alpha value is -1.48. The molecule has 0 unspecified atom stereocenters. The first kappa shape index (κ1) is 24.2. The molecular weight excluding hydrogens is 439 g/mol. The van der Waals surface area contributed by atoms with Crippen LogP contribution in [0, 0.1) is 5.92 Å². The molecule has 4 atom stereocenters. The van der Waals surface area contributed by atoms with Crippen LogP contribution in [0.3, 0.4) is 0 Å². The summed E-state index contributed by atoms with van der Waals surface area (Å²) in [6.45, 7) is 2.17. The maximum Gasteiger partial charge on any atom is 0.523 e. The summed E-state index contributed by atoms with van der Waals surface area (Å²) in [5.74, 6) is -0.426. The van der Waals surface area contributed by atoms with E-state index in [1.807, 2.05) is 0 Å². The number of rotatable bonds is 6. The minimum atomic E-state index is -6.07. The lowest BCUT2D eigenvalue weighted by Crippen LogP contribution is -2.42. The highest BCUT2D eigenvalue weighted by Crippen LogP contribution is 2.41. The zero-order valence-corrected chi connectivity index (χ0v) is 18.0. The van der Waals surface area contributed by atoms with Crippen molar-refractivity contribution in [3.05, 3.63) is 47.5 Å². The van der Waals surface area contributed by atoms with Gasteiger partial charge in [0.05, 0.1) is 0 Å². The summed E-state index contributed by atoms with van der Waals surface area (Å²) in [5, 5.41) is 0. The van der Waals surface area contributed by atoms with Gasteiger partial charge in [-0.3, -0.25) is 4.18 Å². The van der Waals surface area contributed by atoms with E-state index in [9.17, 15) is 30.4 Å². The van der Waals surface area contributed by atoms with Crippen molar-refractivity contribution in [3.8, 4) is 0 Å². The van der Waals surface area contributed by atoms with Crippen LogP contribution in [0.5, 0.6) is 0 Å². The molecule has 0 N–H and O–H groups in total. The van der Waals surface area contributed by atoms with Crippen molar-refractivity contribution < 1.29 is 34.6 Å². The predicted molar refractivity (Wildman–Crippen MR) is 108 cm³/mol. The maximum atomic E-state index is 14.6. The van der Waals surface area contributed by atoms with E-state index in [-0.39, 0.29) is 5.56 Å². The number of alkyl halides is 5. The smallest absolute Gasteiger partial charge is 0.256 e. The van der Waals surface area contributed by atoms with Crippen LogP contribution < -0.4 is 0 Å². The Bertz CT molecular complexity index is 858. The number of hydrogen-bond acceptors (Lipinski definition) is 3. The first-order valence-corrected chi connectivity index (χ1v) is 12.0. The summed E-state index contributed by atoms with van der Waals surface area (Å²) in [4.78, 5) is 0. The minimum Gasteiger partial charge on any atom is -0.256 e. The van der Waals surface area contributed by atoms with E-state index in [0.29, 0.717) is 12.0 Å². The molecule has 0 heterocycles. The molecule has 1 saturated carbocycles. The van der Waals surface area contributed by atoms with Crippen molar-refractivity contribution in [2.75, 3.05) is 0 Å². The van der Waals surface area contributed by atoms with E-state index in [2.05, 4.69) is 11.1 Å². The Morgan fingerprint density at radius 2 is 1.48 bits per heavy atom. The lowest BCUT2D eigenvalue weighted by Gasteiger charge is -2.33. The van der Waals surface area contributed by atoms with Crippen molar-refractivity contribution in [2.45, 2.75) is 81.2 Å². The Kier molecular flexibility index (Phi) is 7.46. The van der Waals surface area contributed by atoms with Crippen molar-refractivity contribution >= 4 is 10.1 Å². The number of halogens is 5. The quantitative estimate of drug-likeness (QED) is 0.213. The molecule has 31 heavy (non-hydrogen) atoms. The fourth-order valence-electron chi connectivity index (χ4n) is 4.69. The van der Waals surface area contributed by atoms with Crippen LogP contribution in [0.15, 0.2) is 36.4 Å². The first-order valence-electron chi connectivity index (χ1n) is 10.6. The molecule has 0 aliphatic heterocycles. The molecule has 2 aliphatic rings. The maximum absolute atomic E-state index is 14.6. The van der Waals surface area contributed by atoms with E-state index in [1.54, 1.807) is 12.1 Å². The average molecular weight is 467 g/mol. The van der Waals surface area contributed by atoms with Crippen LogP contribution in [0.25, 0.3) is 0 Å². The van der Waals surface area contributed by atoms with E-state index in [1.165, 1.54) is 18.6 Å². The highest BCUT2D eigenvalue weighted by atomic mass is 32.2. The lowest BCUT2D eigenvalue weighted by molar-refractivity contribution is -0.0621. The van der Waals surface area contributed by atoms with Gasteiger partial charge in [0.15, 0.2) is 0 Å². The van der Waals surface area contributed by atoms with E-state index in [0.717, 1.165) is 49.7 Å². The molecule has 0 aromatic heterocycles. The molecule has 0 radical (unpaired) electrons. The second kappa shape index (κ2) is 9.57. The third-order valence-electron chi connectivity index (χ3n) is 6.35. The zero-order chi connectivity index (χ0) is 22.8. The van der Waals surface area contributed by atoms with Gasteiger partial charge in [0.25, 0.3) is 0 Å². The van der Waals surface area contributed by atoms with Gasteiger partial charge in [-0.25, -0.2) is 8.78 Å². The molecule has 174 valence electrons. The van der Waals surface area contributed by atoms with E-state index in [4.69, 9.17) is 0 Å². The van der Waals surface area contributed by atoms with Gasteiger partial charge in [-0.1, -0.05) is 50.1 Å². The van der Waals surface area contributed by atoms with Gasteiger partial charge in [0.2, 0.25) is 0 Å². The van der Waals surface area contributed by atoms with E-state index >= 15 is 0 Å². The highest BCUT2D eigenvalue weighted by molar-refractivity contribution is 7.87. The molecule has 0 saturated heterocycles. The van der Waals surface area contributed by atoms with Crippen LogP contribution in [0.4, 0.5) is 22.0 Å². The summed E-state index contributed by atoms with van der Waals surface area (Å²) in [6, 6.07) is 6.61. The van der Waals surface area contributed by atoms with Crippen molar-refractivity contribution in [1.82, 2.24) is 0 Å². The summed E-state index contributed by atoms with van der Waals surface area (Å²) >= 11 is 0. The molecule has 3 rings (SSSR count). The van der Waals surface area contributed by atoms with Crippen LogP contribution in [0.2, 0.25) is 0 Å². The summed E-state index contributed by atoms with van der Waals surface area (Å²) < 4.78 is 94.1. The molecule has 0 amide bonds. The van der Waals surface area contributed by atoms with Gasteiger partial charge in [-0.2, -0.15) is 21.6 Å². The van der Waals surface area contributed by atoms with Gasteiger partial charge in [-0.05, 0) is 54.7 Å². The Morgan fingerprint density at radius 1 is 0.935 bits per heavy atom. The van der Waals surface area contributed by atoms with Crippen LogP contribution in [0.1, 0.15) is 68.4 Å². The van der Waals surface area contributed by atoms with Gasteiger partial charge in [0, 0.05) is 5.92 Å². The summed E-state index contributed by atoms with van der Waals surface area (Å²) in [7, 11) is -6.07. The standard InChI is InChI=1S/C22H27F5O3S/c1-2-3-14-4-6-15(7-5-14)16-8-10-17(11-9-16)20-18(23)12-13-19(24)21(20)30-31(28,29)22(25,26)27/h8-15,18-21H,2-7H2,1H3/t14?,15?,18-,19+,20-,21-/m1/s1. The number of hydrogen-bond donors (Lipinski definition) is 0. The monoisotopic (exact) mass is 466 g/mol. The van der Waals surface area contributed by atoms with E-state index < -0.39 is 40.0 Å². The fraction of sp³-hybridized carbons (Fsp3) is 0.636. The van der Waals surface area contributed by atoms with Crippen LogP contribution >= 0.6 is 0 Å².